The first-order chi connectivity index (χ1) is 10.2. The molecule has 0 radical (unpaired) electrons. The number of aromatic nitrogens is 2. The molecule has 0 spiro atoms. The minimum absolute atomic E-state index is 0.0117. The molecule has 8 nitrogen and oxygen atoms in total. The number of non-ortho nitro benzene ring substituents is 1. The molecule has 1 N–H and O–H groups in total. The first kappa shape index (κ1) is 13.7. The van der Waals surface area contributed by atoms with Gasteiger partial charge in [0, 0.05) is 24.1 Å². The van der Waals surface area contributed by atoms with Crippen LogP contribution in [0.3, 0.4) is 0 Å². The zero-order chi connectivity index (χ0) is 14.7. The maximum absolute atomic E-state index is 10.9. The Bertz CT molecular complexity index is 658. The van der Waals surface area contributed by atoms with E-state index in [0.29, 0.717) is 43.1 Å². The maximum Gasteiger partial charge on any atom is 0.270 e. The molecule has 0 bridgehead atoms. The number of nitro benzene ring substituents is 1. The molecule has 0 amide bonds. The van der Waals surface area contributed by atoms with E-state index in [-0.39, 0.29) is 11.8 Å². The van der Waals surface area contributed by atoms with Crippen molar-refractivity contribution in [2.75, 3.05) is 31.7 Å². The Morgan fingerprint density at radius 2 is 2.29 bits per heavy atom. The fourth-order valence-corrected chi connectivity index (χ4v) is 2.16. The molecule has 21 heavy (non-hydrogen) atoms. The van der Waals surface area contributed by atoms with Crippen molar-refractivity contribution in [3.05, 3.63) is 34.6 Å². The quantitative estimate of drug-likeness (QED) is 0.670. The van der Waals surface area contributed by atoms with E-state index < -0.39 is 4.92 Å². The Balaban J connectivity index is 1.83. The summed E-state index contributed by atoms with van der Waals surface area (Å²) in [5.41, 5.74) is 0.663. The van der Waals surface area contributed by atoms with Crippen molar-refractivity contribution in [1.29, 1.82) is 0 Å². The highest BCUT2D eigenvalue weighted by molar-refractivity contribution is 5.90. The summed E-state index contributed by atoms with van der Waals surface area (Å²) in [5, 5.41) is 14.6. The van der Waals surface area contributed by atoms with Gasteiger partial charge in [-0.15, -0.1) is 0 Å². The van der Waals surface area contributed by atoms with E-state index in [4.69, 9.17) is 9.47 Å². The predicted octanol–water partition coefficient (Wildman–Crippen LogP) is 1.37. The second-order valence-electron chi connectivity index (χ2n) is 4.63. The smallest absolute Gasteiger partial charge is 0.270 e. The van der Waals surface area contributed by atoms with E-state index in [2.05, 4.69) is 15.3 Å². The number of hydrogen-bond donors (Lipinski definition) is 1. The lowest BCUT2D eigenvalue weighted by atomic mass is 10.2. The van der Waals surface area contributed by atoms with Crippen molar-refractivity contribution in [3.8, 4) is 0 Å². The minimum Gasteiger partial charge on any atom is -0.376 e. The molecule has 1 fully saturated rings. The van der Waals surface area contributed by atoms with Crippen molar-refractivity contribution in [1.82, 2.24) is 9.97 Å². The largest absolute Gasteiger partial charge is 0.376 e. The van der Waals surface area contributed by atoms with Crippen LogP contribution in [0.15, 0.2) is 24.5 Å². The van der Waals surface area contributed by atoms with Gasteiger partial charge < -0.3 is 14.8 Å². The lowest BCUT2D eigenvalue weighted by Gasteiger charge is -2.23. The second-order valence-corrected chi connectivity index (χ2v) is 4.63. The highest BCUT2D eigenvalue weighted by atomic mass is 16.6. The molecule has 1 unspecified atom stereocenters. The number of fused-ring (bicyclic) bond motifs is 1. The third-order valence-corrected chi connectivity index (χ3v) is 3.21. The van der Waals surface area contributed by atoms with Crippen LogP contribution in [0.1, 0.15) is 0 Å². The highest BCUT2D eigenvalue weighted by Gasteiger charge is 2.15. The van der Waals surface area contributed by atoms with Gasteiger partial charge in [0.15, 0.2) is 0 Å². The summed E-state index contributed by atoms with van der Waals surface area (Å²) in [6.45, 7) is 2.23. The molecule has 1 atom stereocenters. The molecule has 1 aliphatic heterocycles. The topological polar surface area (TPSA) is 99.4 Å². The number of nitro groups is 1. The van der Waals surface area contributed by atoms with Gasteiger partial charge in [-0.2, -0.15) is 0 Å². The molecule has 8 heteroatoms. The van der Waals surface area contributed by atoms with Gasteiger partial charge in [-0.25, -0.2) is 9.97 Å². The lowest BCUT2D eigenvalue weighted by Crippen LogP contribution is -2.34. The van der Waals surface area contributed by atoms with Crippen LogP contribution in [0.4, 0.5) is 11.5 Å². The van der Waals surface area contributed by atoms with E-state index in [9.17, 15) is 10.1 Å². The predicted molar refractivity (Wildman–Crippen MR) is 75.2 cm³/mol. The Morgan fingerprint density at radius 3 is 3.05 bits per heavy atom. The van der Waals surface area contributed by atoms with Crippen LogP contribution >= 0.6 is 0 Å². The summed E-state index contributed by atoms with van der Waals surface area (Å²) in [6, 6.07) is 4.51. The van der Waals surface area contributed by atoms with Crippen LogP contribution < -0.4 is 5.32 Å². The molecular formula is C13H14N4O4. The van der Waals surface area contributed by atoms with Crippen LogP contribution in [0.25, 0.3) is 10.9 Å². The van der Waals surface area contributed by atoms with Crippen molar-refractivity contribution in [3.63, 3.8) is 0 Å². The van der Waals surface area contributed by atoms with E-state index >= 15 is 0 Å². The summed E-state index contributed by atoms with van der Waals surface area (Å²) >= 11 is 0. The first-order valence-electron chi connectivity index (χ1n) is 6.56. The fourth-order valence-electron chi connectivity index (χ4n) is 2.16. The van der Waals surface area contributed by atoms with Crippen molar-refractivity contribution >= 4 is 22.4 Å². The molecule has 3 rings (SSSR count). The average molecular weight is 290 g/mol. The van der Waals surface area contributed by atoms with E-state index in [1.165, 1.54) is 18.5 Å². The second kappa shape index (κ2) is 5.98. The van der Waals surface area contributed by atoms with Gasteiger partial charge in [-0.05, 0) is 6.07 Å². The standard InChI is InChI=1S/C13H14N4O4/c18-17(19)9-1-2-12-11(5-9)13(16-8-15-12)14-6-10-7-20-3-4-21-10/h1-2,5,8,10H,3-4,6-7H2,(H,14,15,16). The van der Waals surface area contributed by atoms with Crippen molar-refractivity contribution < 1.29 is 14.4 Å². The minimum atomic E-state index is -0.436. The van der Waals surface area contributed by atoms with Crippen molar-refractivity contribution in [2.24, 2.45) is 0 Å². The Kier molecular flexibility index (Phi) is 3.89. The molecular weight excluding hydrogens is 276 g/mol. The molecule has 0 saturated carbocycles. The molecule has 110 valence electrons. The zero-order valence-electron chi connectivity index (χ0n) is 11.2. The van der Waals surface area contributed by atoms with Gasteiger partial charge in [0.1, 0.15) is 12.1 Å². The molecule has 0 aliphatic carbocycles. The molecule has 1 saturated heterocycles. The molecule has 1 aliphatic rings. The maximum atomic E-state index is 10.9. The van der Waals surface area contributed by atoms with Crippen LogP contribution in [-0.2, 0) is 9.47 Å². The third-order valence-electron chi connectivity index (χ3n) is 3.21. The number of benzene rings is 1. The molecule has 2 heterocycles. The SMILES string of the molecule is O=[N+]([O-])c1ccc2ncnc(NCC3COCCO3)c2c1. The molecule has 1 aromatic carbocycles. The normalized spacial score (nSPS) is 18.6. The van der Waals surface area contributed by atoms with E-state index in [1.807, 2.05) is 0 Å². The number of ether oxygens (including phenoxy) is 2. The van der Waals surface area contributed by atoms with Crippen LogP contribution in [0.5, 0.6) is 0 Å². The number of anilines is 1. The Labute approximate surface area is 120 Å². The van der Waals surface area contributed by atoms with E-state index in [1.54, 1.807) is 6.07 Å². The first-order valence-corrected chi connectivity index (χ1v) is 6.56. The van der Waals surface area contributed by atoms with Crippen LogP contribution in [0.2, 0.25) is 0 Å². The Morgan fingerprint density at radius 1 is 1.38 bits per heavy atom. The summed E-state index contributed by atoms with van der Waals surface area (Å²) < 4.78 is 10.9. The summed E-state index contributed by atoms with van der Waals surface area (Å²) in [5.74, 6) is 0.554. The number of nitrogens with one attached hydrogen (secondary N) is 1. The number of rotatable bonds is 4. The summed E-state index contributed by atoms with van der Waals surface area (Å²) in [7, 11) is 0. The van der Waals surface area contributed by atoms with Gasteiger partial charge in [0.25, 0.3) is 5.69 Å². The monoisotopic (exact) mass is 290 g/mol. The van der Waals surface area contributed by atoms with Gasteiger partial charge in [-0.3, -0.25) is 10.1 Å². The fraction of sp³-hybridized carbons (Fsp3) is 0.385. The van der Waals surface area contributed by atoms with Crippen LogP contribution in [-0.4, -0.2) is 47.4 Å². The summed E-state index contributed by atoms with van der Waals surface area (Å²) in [4.78, 5) is 18.7. The Hall–Kier alpha value is -2.32. The number of nitrogens with zero attached hydrogens (tertiary/aromatic N) is 3. The highest BCUT2D eigenvalue weighted by Crippen LogP contribution is 2.24. The third kappa shape index (κ3) is 3.06. The van der Waals surface area contributed by atoms with E-state index in [0.717, 1.165) is 0 Å². The van der Waals surface area contributed by atoms with Gasteiger partial charge in [0.05, 0.1) is 36.4 Å². The lowest BCUT2D eigenvalue weighted by molar-refractivity contribution is -0.384. The van der Waals surface area contributed by atoms with Crippen molar-refractivity contribution in [2.45, 2.75) is 6.10 Å². The van der Waals surface area contributed by atoms with Gasteiger partial charge >= 0.3 is 0 Å². The zero-order valence-corrected chi connectivity index (χ0v) is 11.2. The van der Waals surface area contributed by atoms with Crippen LogP contribution in [0, 0.1) is 10.1 Å². The van der Waals surface area contributed by atoms with Gasteiger partial charge in [0.2, 0.25) is 0 Å². The molecule has 1 aromatic heterocycles. The number of hydrogen-bond acceptors (Lipinski definition) is 7. The van der Waals surface area contributed by atoms with Gasteiger partial charge in [-0.1, -0.05) is 0 Å². The molecule has 2 aromatic rings. The summed E-state index contributed by atoms with van der Waals surface area (Å²) in [6.07, 6.45) is 1.37. The average Bonchev–Trinajstić information content (AvgIpc) is 2.53.